The summed E-state index contributed by atoms with van der Waals surface area (Å²) in [5, 5.41) is 3.38. The monoisotopic (exact) mass is 189 g/mol. The molecule has 3 nitrogen and oxygen atoms in total. The lowest BCUT2D eigenvalue weighted by molar-refractivity contribution is -0.137. The average Bonchev–Trinajstić information content (AvgIpc) is 2.57. The fraction of sp³-hybridized carbons (Fsp3) is 0.875. The Balaban J connectivity index is 1.97. The summed E-state index contributed by atoms with van der Waals surface area (Å²) in [4.78, 5) is 10.7. The number of rotatable bonds is 4. The van der Waals surface area contributed by atoms with E-state index in [0.29, 0.717) is 11.8 Å². The Morgan fingerprint density at radius 2 is 2.58 bits per heavy atom. The third kappa shape index (κ3) is 3.45. The zero-order valence-corrected chi connectivity index (χ0v) is 8.15. The van der Waals surface area contributed by atoms with Crippen molar-refractivity contribution in [3.05, 3.63) is 0 Å². The molecule has 1 rings (SSSR count). The summed E-state index contributed by atoms with van der Waals surface area (Å²) >= 11 is 1.65. The maximum absolute atomic E-state index is 10.7. The molecule has 1 N–H and O–H groups in total. The second-order valence-electron chi connectivity index (χ2n) is 2.88. The van der Waals surface area contributed by atoms with E-state index in [1.165, 1.54) is 20.0 Å². The maximum atomic E-state index is 10.7. The van der Waals surface area contributed by atoms with Gasteiger partial charge in [-0.05, 0) is 19.4 Å². The van der Waals surface area contributed by atoms with Crippen molar-refractivity contribution in [1.29, 1.82) is 0 Å². The van der Waals surface area contributed by atoms with Gasteiger partial charge in [-0.2, -0.15) is 0 Å². The molecule has 4 heteroatoms. The molecule has 0 aromatic heterocycles. The van der Waals surface area contributed by atoms with Gasteiger partial charge in [0, 0.05) is 11.8 Å². The lowest BCUT2D eigenvalue weighted by atomic mass is 10.3. The molecule has 0 unspecified atom stereocenters. The van der Waals surface area contributed by atoms with Gasteiger partial charge in [-0.3, -0.25) is 4.79 Å². The zero-order valence-electron chi connectivity index (χ0n) is 7.34. The predicted octanol–water partition coefficient (Wildman–Crippen LogP) is 0.645. The Hall–Kier alpha value is -0.220. The molecule has 1 heterocycles. The number of hydrogen-bond donors (Lipinski definition) is 1. The van der Waals surface area contributed by atoms with Crippen molar-refractivity contribution in [1.82, 2.24) is 5.32 Å². The molecule has 12 heavy (non-hydrogen) atoms. The van der Waals surface area contributed by atoms with Crippen LogP contribution in [0.2, 0.25) is 0 Å². The molecule has 0 radical (unpaired) electrons. The summed E-state index contributed by atoms with van der Waals surface area (Å²) in [5.41, 5.74) is 0. The van der Waals surface area contributed by atoms with Crippen molar-refractivity contribution in [2.75, 3.05) is 25.2 Å². The largest absolute Gasteiger partial charge is 0.468 e. The minimum Gasteiger partial charge on any atom is -0.468 e. The van der Waals surface area contributed by atoms with E-state index in [2.05, 4.69) is 10.1 Å². The van der Waals surface area contributed by atoms with E-state index >= 15 is 0 Å². The van der Waals surface area contributed by atoms with Gasteiger partial charge >= 0.3 is 5.97 Å². The highest BCUT2D eigenvalue weighted by atomic mass is 32.2. The van der Waals surface area contributed by atoms with Gasteiger partial charge in [0.2, 0.25) is 0 Å². The van der Waals surface area contributed by atoms with Gasteiger partial charge in [0.25, 0.3) is 0 Å². The number of nitrogens with one attached hydrogen (secondary N) is 1. The minimum absolute atomic E-state index is 0.127. The van der Waals surface area contributed by atoms with Gasteiger partial charge in [-0.15, -0.1) is 11.8 Å². The van der Waals surface area contributed by atoms with Crippen LogP contribution >= 0.6 is 11.8 Å². The first-order valence-electron chi connectivity index (χ1n) is 4.21. The van der Waals surface area contributed by atoms with Crippen molar-refractivity contribution in [3.8, 4) is 0 Å². The quantitative estimate of drug-likeness (QED) is 0.659. The van der Waals surface area contributed by atoms with E-state index in [0.717, 1.165) is 12.3 Å². The maximum Gasteiger partial charge on any atom is 0.315 e. The van der Waals surface area contributed by atoms with Crippen LogP contribution in [0.15, 0.2) is 0 Å². The molecule has 0 amide bonds. The summed E-state index contributed by atoms with van der Waals surface area (Å²) in [6, 6.07) is 0.611. The predicted molar refractivity (Wildman–Crippen MR) is 50.4 cm³/mol. The normalized spacial score (nSPS) is 22.6. The Morgan fingerprint density at radius 1 is 1.75 bits per heavy atom. The molecule has 1 aliphatic heterocycles. The van der Waals surface area contributed by atoms with Crippen LogP contribution in [0.25, 0.3) is 0 Å². The lowest BCUT2D eigenvalue weighted by Gasteiger charge is -2.07. The van der Waals surface area contributed by atoms with Crippen LogP contribution in [0.1, 0.15) is 12.8 Å². The van der Waals surface area contributed by atoms with Gasteiger partial charge < -0.3 is 10.1 Å². The van der Waals surface area contributed by atoms with E-state index in [1.807, 2.05) is 0 Å². The smallest absolute Gasteiger partial charge is 0.315 e. The van der Waals surface area contributed by atoms with Gasteiger partial charge in [0.1, 0.15) is 0 Å². The highest BCUT2D eigenvalue weighted by Crippen LogP contribution is 2.11. The summed E-state index contributed by atoms with van der Waals surface area (Å²) in [6.45, 7) is 1.13. The van der Waals surface area contributed by atoms with E-state index < -0.39 is 0 Å². The molecule has 70 valence electrons. The number of methoxy groups -OCH3 is 1. The Morgan fingerprint density at radius 3 is 3.17 bits per heavy atom. The molecule has 1 atom stereocenters. The van der Waals surface area contributed by atoms with Crippen molar-refractivity contribution in [3.63, 3.8) is 0 Å². The fourth-order valence-corrected chi connectivity index (χ4v) is 2.21. The number of thioether (sulfide) groups is 1. The Bertz CT molecular complexity index is 146. The fourth-order valence-electron chi connectivity index (χ4n) is 1.24. The molecule has 1 fully saturated rings. The number of carbonyl (C=O) groups is 1. The number of ether oxygens (including phenoxy) is 1. The number of hydrogen-bond acceptors (Lipinski definition) is 4. The van der Waals surface area contributed by atoms with Crippen molar-refractivity contribution in [2.45, 2.75) is 18.9 Å². The van der Waals surface area contributed by atoms with E-state index in [4.69, 9.17) is 0 Å². The second-order valence-corrected chi connectivity index (χ2v) is 3.91. The third-order valence-corrected chi connectivity index (χ3v) is 3.01. The first kappa shape index (κ1) is 9.86. The third-order valence-electron chi connectivity index (χ3n) is 1.93. The van der Waals surface area contributed by atoms with Crippen LogP contribution in [0.4, 0.5) is 0 Å². The van der Waals surface area contributed by atoms with Crippen molar-refractivity contribution < 1.29 is 9.53 Å². The van der Waals surface area contributed by atoms with Crippen LogP contribution in [-0.4, -0.2) is 37.2 Å². The first-order valence-corrected chi connectivity index (χ1v) is 5.36. The van der Waals surface area contributed by atoms with Gasteiger partial charge in [-0.25, -0.2) is 0 Å². The molecule has 0 bridgehead atoms. The number of carbonyl (C=O) groups excluding carboxylic acids is 1. The van der Waals surface area contributed by atoms with Crippen LogP contribution in [0, 0.1) is 0 Å². The highest BCUT2D eigenvalue weighted by molar-refractivity contribution is 7.99. The molecule has 0 spiro atoms. The Kier molecular flexibility index (Phi) is 4.46. The molecule has 0 aliphatic carbocycles. The van der Waals surface area contributed by atoms with Crippen molar-refractivity contribution in [2.24, 2.45) is 0 Å². The van der Waals surface area contributed by atoms with E-state index in [9.17, 15) is 4.79 Å². The summed E-state index contributed by atoms with van der Waals surface area (Å²) in [6.07, 6.45) is 2.51. The molecular formula is C8H15NO2S. The second kappa shape index (κ2) is 5.43. The summed E-state index contributed by atoms with van der Waals surface area (Å²) < 4.78 is 4.53. The molecule has 1 saturated heterocycles. The Labute approximate surface area is 77.2 Å². The highest BCUT2D eigenvalue weighted by Gasteiger charge is 2.14. The van der Waals surface area contributed by atoms with Crippen LogP contribution in [0.5, 0.6) is 0 Å². The van der Waals surface area contributed by atoms with Crippen LogP contribution < -0.4 is 5.32 Å². The molecule has 0 aromatic rings. The average molecular weight is 189 g/mol. The summed E-state index contributed by atoms with van der Waals surface area (Å²) in [5.74, 6) is 1.38. The van der Waals surface area contributed by atoms with Crippen LogP contribution in [0.3, 0.4) is 0 Å². The van der Waals surface area contributed by atoms with E-state index in [1.54, 1.807) is 11.8 Å². The first-order chi connectivity index (χ1) is 5.83. The minimum atomic E-state index is -0.127. The standard InChI is InChI=1S/C8H15NO2S/c1-11-8(10)6-12-5-7-3-2-4-9-7/h7,9H,2-6H2,1H3/t7-/m0/s1. The van der Waals surface area contributed by atoms with Crippen molar-refractivity contribution >= 4 is 17.7 Å². The molecule has 0 saturated carbocycles. The van der Waals surface area contributed by atoms with Gasteiger partial charge in [-0.1, -0.05) is 0 Å². The lowest BCUT2D eigenvalue weighted by Crippen LogP contribution is -2.24. The topological polar surface area (TPSA) is 38.3 Å². The molecule has 0 aromatic carbocycles. The zero-order chi connectivity index (χ0) is 8.81. The number of esters is 1. The molecule has 1 aliphatic rings. The van der Waals surface area contributed by atoms with Crippen LogP contribution in [-0.2, 0) is 9.53 Å². The van der Waals surface area contributed by atoms with Gasteiger partial charge in [0.15, 0.2) is 0 Å². The SMILES string of the molecule is COC(=O)CSC[C@@H]1CCCN1. The summed E-state index contributed by atoms with van der Waals surface area (Å²) in [7, 11) is 1.43. The van der Waals surface area contributed by atoms with E-state index in [-0.39, 0.29) is 5.97 Å². The van der Waals surface area contributed by atoms with Gasteiger partial charge in [0.05, 0.1) is 12.9 Å². The molecular weight excluding hydrogens is 174 g/mol.